The summed E-state index contributed by atoms with van der Waals surface area (Å²) in [5.74, 6) is -0.195. The van der Waals surface area contributed by atoms with E-state index in [0.29, 0.717) is 13.0 Å². The molecule has 0 saturated carbocycles. The fourth-order valence-corrected chi connectivity index (χ4v) is 1.69. The molecule has 3 atom stereocenters. The van der Waals surface area contributed by atoms with Crippen molar-refractivity contribution >= 4 is 11.8 Å². The van der Waals surface area contributed by atoms with Crippen molar-refractivity contribution in [1.29, 1.82) is 0 Å². The summed E-state index contributed by atoms with van der Waals surface area (Å²) in [6.45, 7) is 4.62. The molecule has 1 rings (SSSR count). The minimum atomic E-state index is -0.528. The van der Waals surface area contributed by atoms with Crippen molar-refractivity contribution < 1.29 is 9.59 Å². The Morgan fingerprint density at radius 2 is 2.38 bits per heavy atom. The molecule has 5 heteroatoms. The van der Waals surface area contributed by atoms with E-state index >= 15 is 0 Å². The molecule has 0 radical (unpaired) electrons. The van der Waals surface area contributed by atoms with E-state index in [4.69, 9.17) is 5.73 Å². The fraction of sp³-hybridized carbons (Fsp3) is 0.818. The van der Waals surface area contributed by atoms with Gasteiger partial charge in [-0.25, -0.2) is 0 Å². The van der Waals surface area contributed by atoms with Crippen LogP contribution >= 0.6 is 0 Å². The highest BCUT2D eigenvalue weighted by Crippen LogP contribution is 2.07. The third-order valence-electron chi connectivity index (χ3n) is 3.16. The topological polar surface area (TPSA) is 84.2 Å². The molecule has 0 aliphatic carbocycles. The zero-order chi connectivity index (χ0) is 12.1. The van der Waals surface area contributed by atoms with Gasteiger partial charge in [-0.15, -0.1) is 0 Å². The second-order valence-corrected chi connectivity index (χ2v) is 4.41. The number of carbonyl (C=O) groups excluding carboxylic acids is 2. The summed E-state index contributed by atoms with van der Waals surface area (Å²) in [6.07, 6.45) is 2.45. The summed E-state index contributed by atoms with van der Waals surface area (Å²) in [5.41, 5.74) is 5.79. The van der Waals surface area contributed by atoms with Crippen molar-refractivity contribution in [1.82, 2.24) is 10.6 Å². The molecular formula is C11H21N3O2. The van der Waals surface area contributed by atoms with Crippen LogP contribution in [0.2, 0.25) is 0 Å². The molecule has 0 aromatic rings. The molecule has 1 fully saturated rings. The van der Waals surface area contributed by atoms with Gasteiger partial charge in [-0.1, -0.05) is 20.3 Å². The molecule has 1 aliphatic heterocycles. The predicted octanol–water partition coefficient (Wildman–Crippen LogP) is -0.245. The molecule has 16 heavy (non-hydrogen) atoms. The highest BCUT2D eigenvalue weighted by Gasteiger charge is 2.27. The number of nitrogens with one attached hydrogen (secondary N) is 2. The average Bonchev–Trinajstić information content (AvgIpc) is 2.30. The normalized spacial score (nSPS) is 24.4. The molecule has 0 aromatic heterocycles. The van der Waals surface area contributed by atoms with Gasteiger partial charge in [0.05, 0.1) is 6.04 Å². The van der Waals surface area contributed by atoms with Crippen molar-refractivity contribution in [3.05, 3.63) is 0 Å². The van der Waals surface area contributed by atoms with Crippen LogP contribution in [0, 0.1) is 5.92 Å². The van der Waals surface area contributed by atoms with E-state index in [0.717, 1.165) is 12.8 Å². The maximum atomic E-state index is 11.7. The number of hydrogen-bond donors (Lipinski definition) is 3. The molecule has 5 nitrogen and oxygen atoms in total. The first-order chi connectivity index (χ1) is 7.56. The third-order valence-corrected chi connectivity index (χ3v) is 3.16. The van der Waals surface area contributed by atoms with Gasteiger partial charge in [0.2, 0.25) is 11.8 Å². The monoisotopic (exact) mass is 227 g/mol. The van der Waals surface area contributed by atoms with E-state index in [9.17, 15) is 9.59 Å². The Hall–Kier alpha value is -1.10. The molecule has 0 aromatic carbocycles. The van der Waals surface area contributed by atoms with Gasteiger partial charge < -0.3 is 16.4 Å². The van der Waals surface area contributed by atoms with Gasteiger partial charge in [0.15, 0.2) is 0 Å². The molecule has 92 valence electrons. The number of hydrogen-bond acceptors (Lipinski definition) is 3. The van der Waals surface area contributed by atoms with Gasteiger partial charge in [0.25, 0.3) is 0 Å². The van der Waals surface area contributed by atoms with E-state index in [1.54, 1.807) is 0 Å². The summed E-state index contributed by atoms with van der Waals surface area (Å²) in [7, 11) is 0. The molecule has 4 N–H and O–H groups in total. The highest BCUT2D eigenvalue weighted by atomic mass is 16.2. The summed E-state index contributed by atoms with van der Waals surface area (Å²) in [6, 6.07) is -0.934. The Morgan fingerprint density at radius 3 is 2.94 bits per heavy atom. The SMILES string of the molecule is CC[C@H](C)[C@H](N)C(=O)NC1CCCNC1=O. The van der Waals surface area contributed by atoms with Gasteiger partial charge in [0, 0.05) is 6.54 Å². The highest BCUT2D eigenvalue weighted by molar-refractivity contribution is 5.90. The first-order valence-corrected chi connectivity index (χ1v) is 5.90. The fourth-order valence-electron chi connectivity index (χ4n) is 1.69. The third kappa shape index (κ3) is 3.20. The summed E-state index contributed by atoms with van der Waals surface area (Å²) < 4.78 is 0. The first kappa shape index (κ1) is 13.0. The lowest BCUT2D eigenvalue weighted by Crippen LogP contribution is -2.55. The number of rotatable bonds is 4. The van der Waals surface area contributed by atoms with Crippen LogP contribution in [0.1, 0.15) is 33.1 Å². The zero-order valence-electron chi connectivity index (χ0n) is 9.95. The minimum Gasteiger partial charge on any atom is -0.354 e. The molecule has 0 bridgehead atoms. The lowest BCUT2D eigenvalue weighted by atomic mass is 9.98. The quantitative estimate of drug-likeness (QED) is 0.619. The molecule has 1 saturated heterocycles. The average molecular weight is 227 g/mol. The van der Waals surface area contributed by atoms with Crippen LogP contribution in [0.4, 0.5) is 0 Å². The van der Waals surface area contributed by atoms with Crippen LogP contribution in [0.3, 0.4) is 0 Å². The van der Waals surface area contributed by atoms with Crippen molar-refractivity contribution in [2.24, 2.45) is 11.7 Å². The van der Waals surface area contributed by atoms with E-state index in [1.165, 1.54) is 0 Å². The van der Waals surface area contributed by atoms with Crippen LogP contribution in [-0.4, -0.2) is 30.4 Å². The van der Waals surface area contributed by atoms with Gasteiger partial charge in [-0.3, -0.25) is 9.59 Å². The van der Waals surface area contributed by atoms with Crippen LogP contribution in [-0.2, 0) is 9.59 Å². The molecule has 1 aliphatic rings. The van der Waals surface area contributed by atoms with Crippen molar-refractivity contribution in [2.75, 3.05) is 6.54 Å². The second-order valence-electron chi connectivity index (χ2n) is 4.41. The molecule has 0 spiro atoms. The Morgan fingerprint density at radius 1 is 1.69 bits per heavy atom. The van der Waals surface area contributed by atoms with Gasteiger partial charge in [-0.05, 0) is 18.8 Å². The Bertz CT molecular complexity index is 268. The lowest BCUT2D eigenvalue weighted by Gasteiger charge is -2.25. The Balaban J connectivity index is 2.46. The lowest BCUT2D eigenvalue weighted by molar-refractivity contribution is -0.131. The van der Waals surface area contributed by atoms with Gasteiger partial charge in [-0.2, -0.15) is 0 Å². The maximum Gasteiger partial charge on any atom is 0.242 e. The predicted molar refractivity (Wildman–Crippen MR) is 61.6 cm³/mol. The van der Waals surface area contributed by atoms with Crippen LogP contribution < -0.4 is 16.4 Å². The largest absolute Gasteiger partial charge is 0.354 e. The van der Waals surface area contributed by atoms with Crippen molar-refractivity contribution in [3.63, 3.8) is 0 Å². The summed E-state index contributed by atoms with van der Waals surface area (Å²) in [4.78, 5) is 23.2. The Kier molecular flexibility index (Phi) is 4.73. The van der Waals surface area contributed by atoms with Gasteiger partial charge in [0.1, 0.15) is 6.04 Å². The van der Waals surface area contributed by atoms with E-state index in [1.807, 2.05) is 13.8 Å². The maximum absolute atomic E-state index is 11.7. The molecule has 2 amide bonds. The molecule has 1 heterocycles. The van der Waals surface area contributed by atoms with Gasteiger partial charge >= 0.3 is 0 Å². The first-order valence-electron chi connectivity index (χ1n) is 5.90. The van der Waals surface area contributed by atoms with E-state index < -0.39 is 12.1 Å². The smallest absolute Gasteiger partial charge is 0.242 e. The summed E-state index contributed by atoms with van der Waals surface area (Å²) in [5, 5.41) is 5.43. The van der Waals surface area contributed by atoms with Crippen LogP contribution in [0.15, 0.2) is 0 Å². The van der Waals surface area contributed by atoms with Crippen LogP contribution in [0.5, 0.6) is 0 Å². The van der Waals surface area contributed by atoms with E-state index in [-0.39, 0.29) is 17.7 Å². The zero-order valence-corrected chi connectivity index (χ0v) is 9.95. The van der Waals surface area contributed by atoms with Crippen molar-refractivity contribution in [3.8, 4) is 0 Å². The number of carbonyl (C=O) groups is 2. The molecular weight excluding hydrogens is 206 g/mol. The second kappa shape index (κ2) is 5.84. The summed E-state index contributed by atoms with van der Waals surface area (Å²) >= 11 is 0. The van der Waals surface area contributed by atoms with Crippen molar-refractivity contribution in [2.45, 2.75) is 45.2 Å². The molecule has 1 unspecified atom stereocenters. The Labute approximate surface area is 96.1 Å². The standard InChI is InChI=1S/C11H21N3O2/c1-3-7(2)9(12)11(16)14-8-5-4-6-13-10(8)15/h7-9H,3-6,12H2,1-2H3,(H,13,15)(H,14,16)/t7-,8?,9-/m0/s1. The minimum absolute atomic E-state index is 0.101. The number of piperidine rings is 1. The van der Waals surface area contributed by atoms with E-state index in [2.05, 4.69) is 10.6 Å². The number of nitrogens with two attached hydrogens (primary N) is 1. The number of amides is 2. The van der Waals surface area contributed by atoms with Crippen LogP contribution in [0.25, 0.3) is 0 Å².